The summed E-state index contributed by atoms with van der Waals surface area (Å²) in [6, 6.07) is 0. The highest BCUT2D eigenvalue weighted by atomic mass is 32.2. The van der Waals surface area contributed by atoms with E-state index in [4.69, 9.17) is 0 Å². The van der Waals surface area contributed by atoms with Crippen LogP contribution in [0, 0.1) is 17.3 Å². The van der Waals surface area contributed by atoms with Crippen LogP contribution < -0.4 is 4.72 Å². The summed E-state index contributed by atoms with van der Waals surface area (Å²) in [4.78, 5) is 0. The molecule has 0 heterocycles. The van der Waals surface area contributed by atoms with Gasteiger partial charge < -0.3 is 5.11 Å². The van der Waals surface area contributed by atoms with Crippen molar-refractivity contribution >= 4 is 10.0 Å². The number of sulfonamides is 1. The van der Waals surface area contributed by atoms with Crippen LogP contribution in [0.3, 0.4) is 0 Å². The molecule has 0 amide bonds. The molecule has 18 heavy (non-hydrogen) atoms. The molecule has 0 aliphatic rings. The number of hydrogen-bond donors (Lipinski definition) is 2. The summed E-state index contributed by atoms with van der Waals surface area (Å²) in [6.07, 6.45) is 0.322. The van der Waals surface area contributed by atoms with Crippen molar-refractivity contribution in [3.8, 4) is 0 Å². The van der Waals surface area contributed by atoms with Crippen molar-refractivity contribution in [2.75, 3.05) is 12.3 Å². The van der Waals surface area contributed by atoms with E-state index >= 15 is 0 Å². The average molecular weight is 279 g/mol. The van der Waals surface area contributed by atoms with Gasteiger partial charge in [0.05, 0.1) is 11.9 Å². The van der Waals surface area contributed by atoms with Crippen LogP contribution in [0.15, 0.2) is 0 Å². The molecule has 0 rings (SSSR count). The van der Waals surface area contributed by atoms with E-state index in [1.807, 2.05) is 41.5 Å². The molecule has 0 spiro atoms. The van der Waals surface area contributed by atoms with E-state index in [0.717, 1.165) is 6.42 Å². The third kappa shape index (κ3) is 6.16. The average Bonchev–Trinajstić information content (AvgIpc) is 2.24. The smallest absolute Gasteiger partial charge is 0.211 e. The Balaban J connectivity index is 4.47. The van der Waals surface area contributed by atoms with Gasteiger partial charge in [-0.2, -0.15) is 0 Å². The fourth-order valence-corrected chi connectivity index (χ4v) is 3.55. The molecule has 0 aromatic rings. The maximum absolute atomic E-state index is 11.8. The summed E-state index contributed by atoms with van der Waals surface area (Å²) < 4.78 is 26.3. The predicted octanol–water partition coefficient (Wildman–Crippen LogP) is 1.99. The molecule has 2 atom stereocenters. The molecule has 2 unspecified atom stereocenters. The number of rotatable bonds is 8. The van der Waals surface area contributed by atoms with E-state index in [2.05, 4.69) is 4.72 Å². The van der Waals surface area contributed by atoms with Crippen molar-refractivity contribution in [2.45, 2.75) is 54.1 Å². The van der Waals surface area contributed by atoms with Gasteiger partial charge in [-0.25, -0.2) is 13.1 Å². The zero-order valence-electron chi connectivity index (χ0n) is 12.5. The molecule has 0 aliphatic carbocycles. The summed E-state index contributed by atoms with van der Waals surface area (Å²) in [5, 5.41) is 10.0. The second-order valence-electron chi connectivity index (χ2n) is 6.29. The molecular formula is C13H29NO3S. The highest BCUT2D eigenvalue weighted by Crippen LogP contribution is 2.25. The fraction of sp³-hybridized carbons (Fsp3) is 1.00. The minimum absolute atomic E-state index is 0.110. The lowest BCUT2D eigenvalue weighted by Crippen LogP contribution is -2.44. The highest BCUT2D eigenvalue weighted by Gasteiger charge is 2.31. The molecule has 110 valence electrons. The summed E-state index contributed by atoms with van der Waals surface area (Å²) in [5.41, 5.74) is -0.462. The highest BCUT2D eigenvalue weighted by molar-refractivity contribution is 7.89. The summed E-state index contributed by atoms with van der Waals surface area (Å²) in [7, 11) is -3.25. The Labute approximate surface area is 112 Å². The van der Waals surface area contributed by atoms with Crippen molar-refractivity contribution in [3.05, 3.63) is 0 Å². The Morgan fingerprint density at radius 1 is 1.22 bits per heavy atom. The molecule has 4 nitrogen and oxygen atoms in total. The molecule has 0 fully saturated rings. The minimum Gasteiger partial charge on any atom is -0.392 e. The molecular weight excluding hydrogens is 250 g/mol. The van der Waals surface area contributed by atoms with E-state index in [0.29, 0.717) is 0 Å². The van der Waals surface area contributed by atoms with E-state index in [-0.39, 0.29) is 24.1 Å². The Kier molecular flexibility index (Phi) is 6.82. The summed E-state index contributed by atoms with van der Waals surface area (Å²) in [5.74, 6) is 0.414. The standard InChI is InChI=1S/C13H29NO3S/c1-7-11(4)8-18(16,17)14-9-13(5,6)12(15)10(2)3/h10-12,14-15H,7-9H2,1-6H3. The molecule has 5 heteroatoms. The Bertz CT molecular complexity index is 336. The molecule has 2 N–H and O–H groups in total. The zero-order valence-corrected chi connectivity index (χ0v) is 13.3. The van der Waals surface area contributed by atoms with Crippen LogP contribution in [-0.4, -0.2) is 31.9 Å². The molecule has 0 aromatic heterocycles. The van der Waals surface area contributed by atoms with Gasteiger partial charge in [0.15, 0.2) is 0 Å². The molecule has 0 aliphatic heterocycles. The second-order valence-corrected chi connectivity index (χ2v) is 8.14. The summed E-state index contributed by atoms with van der Waals surface area (Å²) >= 11 is 0. The van der Waals surface area contributed by atoms with Gasteiger partial charge in [0.25, 0.3) is 0 Å². The lowest BCUT2D eigenvalue weighted by molar-refractivity contribution is 0.0166. The van der Waals surface area contributed by atoms with Gasteiger partial charge in [0.1, 0.15) is 0 Å². The van der Waals surface area contributed by atoms with Gasteiger partial charge in [-0.3, -0.25) is 0 Å². The Morgan fingerprint density at radius 3 is 2.11 bits per heavy atom. The van der Waals surface area contributed by atoms with Crippen molar-refractivity contribution < 1.29 is 13.5 Å². The first-order chi connectivity index (χ1) is 8.02. The lowest BCUT2D eigenvalue weighted by atomic mass is 9.81. The first-order valence-electron chi connectivity index (χ1n) is 6.67. The van der Waals surface area contributed by atoms with Gasteiger partial charge in [-0.05, 0) is 11.8 Å². The Morgan fingerprint density at radius 2 is 1.72 bits per heavy atom. The van der Waals surface area contributed by atoms with Crippen molar-refractivity contribution in [3.63, 3.8) is 0 Å². The van der Waals surface area contributed by atoms with Crippen LogP contribution >= 0.6 is 0 Å². The largest absolute Gasteiger partial charge is 0.392 e. The van der Waals surface area contributed by atoms with Gasteiger partial charge in [-0.1, -0.05) is 48.0 Å². The van der Waals surface area contributed by atoms with Crippen molar-refractivity contribution in [1.82, 2.24) is 4.72 Å². The predicted molar refractivity (Wildman–Crippen MR) is 75.9 cm³/mol. The van der Waals surface area contributed by atoms with Crippen LogP contribution in [0.4, 0.5) is 0 Å². The number of aliphatic hydroxyl groups is 1. The first kappa shape index (κ1) is 17.9. The second kappa shape index (κ2) is 6.87. The molecule has 0 radical (unpaired) electrons. The monoisotopic (exact) mass is 279 g/mol. The molecule has 0 bridgehead atoms. The first-order valence-corrected chi connectivity index (χ1v) is 8.32. The third-order valence-corrected chi connectivity index (χ3v) is 4.97. The number of aliphatic hydroxyl groups excluding tert-OH is 1. The lowest BCUT2D eigenvalue weighted by Gasteiger charge is -2.33. The van der Waals surface area contributed by atoms with Crippen LogP contribution in [0.2, 0.25) is 0 Å². The van der Waals surface area contributed by atoms with Crippen LogP contribution in [0.1, 0.15) is 48.0 Å². The van der Waals surface area contributed by atoms with Gasteiger partial charge >= 0.3 is 0 Å². The fourth-order valence-electron chi connectivity index (χ4n) is 1.85. The quantitative estimate of drug-likeness (QED) is 0.714. The van der Waals surface area contributed by atoms with E-state index in [1.165, 1.54) is 0 Å². The SMILES string of the molecule is CCC(C)CS(=O)(=O)NCC(C)(C)C(O)C(C)C. The molecule has 0 aromatic carbocycles. The molecule has 0 saturated heterocycles. The summed E-state index contributed by atoms with van der Waals surface area (Å²) in [6.45, 7) is 11.8. The number of nitrogens with one attached hydrogen (secondary N) is 1. The third-order valence-electron chi connectivity index (χ3n) is 3.38. The Hall–Kier alpha value is -0.130. The van der Waals surface area contributed by atoms with E-state index in [9.17, 15) is 13.5 Å². The van der Waals surface area contributed by atoms with Gasteiger partial charge in [0, 0.05) is 12.0 Å². The van der Waals surface area contributed by atoms with E-state index in [1.54, 1.807) is 0 Å². The normalized spacial score (nSPS) is 16.9. The molecule has 0 saturated carbocycles. The minimum atomic E-state index is -3.25. The maximum Gasteiger partial charge on any atom is 0.211 e. The van der Waals surface area contributed by atoms with Crippen molar-refractivity contribution in [1.29, 1.82) is 0 Å². The van der Waals surface area contributed by atoms with Gasteiger partial charge in [-0.15, -0.1) is 0 Å². The zero-order chi connectivity index (χ0) is 14.6. The topological polar surface area (TPSA) is 66.4 Å². The maximum atomic E-state index is 11.8. The van der Waals surface area contributed by atoms with E-state index < -0.39 is 21.5 Å². The van der Waals surface area contributed by atoms with Crippen LogP contribution in [0.25, 0.3) is 0 Å². The van der Waals surface area contributed by atoms with Gasteiger partial charge in [0.2, 0.25) is 10.0 Å². The number of hydrogen-bond acceptors (Lipinski definition) is 3. The van der Waals surface area contributed by atoms with Crippen molar-refractivity contribution in [2.24, 2.45) is 17.3 Å². The van der Waals surface area contributed by atoms with Crippen LogP contribution in [0.5, 0.6) is 0 Å². The van der Waals surface area contributed by atoms with Crippen LogP contribution in [-0.2, 0) is 10.0 Å².